The summed E-state index contributed by atoms with van der Waals surface area (Å²) in [5.41, 5.74) is 0. The van der Waals surface area contributed by atoms with Crippen molar-refractivity contribution in [2.24, 2.45) is 0 Å². The molecule has 7 heavy (non-hydrogen) atoms. The summed E-state index contributed by atoms with van der Waals surface area (Å²) in [4.78, 5) is 2.15. The zero-order valence-corrected chi connectivity index (χ0v) is 8.98. The van der Waals surface area contributed by atoms with Gasteiger partial charge in [-0.2, -0.15) is 0 Å². The second-order valence-corrected chi connectivity index (χ2v) is 2.36. The molecule has 0 bridgehead atoms. The quantitative estimate of drug-likeness (QED) is 0.407. The number of hydrogen-bond acceptors (Lipinski definition) is 1. The average Bonchev–Trinajstić information content (AvgIpc) is 1.35. The smallest absolute Gasteiger partial charge is 1.00 e. The maximum absolute atomic E-state index is 2.93. The Balaban J connectivity index is 0. The van der Waals surface area contributed by atoms with E-state index in [1.807, 2.05) is 0 Å². The largest absolute Gasteiger partial charge is 1.00 e. The van der Waals surface area contributed by atoms with Gasteiger partial charge in [0, 0.05) is 0 Å². The van der Waals surface area contributed by atoms with Gasteiger partial charge < -0.3 is 0 Å². The van der Waals surface area contributed by atoms with Gasteiger partial charge in [-0.1, -0.05) is 0 Å². The second-order valence-electron chi connectivity index (χ2n) is 1.51. The van der Waals surface area contributed by atoms with E-state index in [-0.39, 0.29) is 29.6 Å². The number of hydrogen-bond donors (Lipinski definition) is 0. The van der Waals surface area contributed by atoms with Crippen molar-refractivity contribution in [2.75, 3.05) is 20.6 Å². The summed E-state index contributed by atoms with van der Waals surface area (Å²) < 4.78 is 0. The van der Waals surface area contributed by atoms with Crippen LogP contribution >= 0.6 is 0 Å². The summed E-state index contributed by atoms with van der Waals surface area (Å²) in [5.74, 6) is 0. The molecular weight excluding hydrogens is 164 g/mol. The van der Waals surface area contributed by atoms with Crippen molar-refractivity contribution in [2.45, 2.75) is 5.32 Å². The van der Waals surface area contributed by atoms with Gasteiger partial charge in [-0.3, -0.25) is 0 Å². The van der Waals surface area contributed by atoms with Crippen molar-refractivity contribution < 1.29 is 29.6 Å². The Morgan fingerprint density at radius 3 is 1.86 bits per heavy atom. The Kier molecular flexibility index (Phi) is 12.1. The summed E-state index contributed by atoms with van der Waals surface area (Å²) in [5, 5.41) is 1.13. The molecule has 0 radical (unpaired) electrons. The molecule has 0 aliphatic heterocycles. The minimum atomic E-state index is 0. The van der Waals surface area contributed by atoms with Gasteiger partial charge in [-0.25, -0.2) is 0 Å². The first-order chi connectivity index (χ1) is 2.77. The molecule has 1 nitrogen and oxygen atoms in total. The summed E-state index contributed by atoms with van der Waals surface area (Å²) in [6.07, 6.45) is 0. The number of nitrogens with zero attached hydrogens (tertiary/aromatic N) is 1. The third-order valence-electron chi connectivity index (χ3n) is 0.539. The van der Waals surface area contributed by atoms with Crippen LogP contribution in [0.3, 0.4) is 0 Å². The Hall–Kier alpha value is 1.48. The van der Waals surface area contributed by atoms with E-state index >= 15 is 0 Å². The van der Waals surface area contributed by atoms with E-state index < -0.39 is 0 Å². The molecule has 0 atom stereocenters. The van der Waals surface area contributed by atoms with Gasteiger partial charge in [0.05, 0.1) is 0 Å². The molecule has 0 rings (SSSR count). The zero-order chi connectivity index (χ0) is 4.99. The van der Waals surface area contributed by atoms with Crippen LogP contribution < -0.4 is 29.6 Å². The molecule has 0 unspecified atom stereocenters. The van der Waals surface area contributed by atoms with E-state index in [1.54, 1.807) is 0 Å². The third-order valence-corrected chi connectivity index (χ3v) is 0.922. The molecule has 0 aromatic heterocycles. The first kappa shape index (κ1) is 11.3. The molecule has 0 amide bonds. The second kappa shape index (κ2) is 7.48. The minimum Gasteiger partial charge on any atom is 1.00 e. The van der Waals surface area contributed by atoms with E-state index in [0.29, 0.717) is 0 Å². The van der Waals surface area contributed by atoms with Crippen LogP contribution in [0.5, 0.6) is 0 Å². The third kappa shape index (κ3) is 11.2. The van der Waals surface area contributed by atoms with E-state index in [9.17, 15) is 0 Å². The fourth-order valence-electron chi connectivity index (χ4n) is 0.183. The topological polar surface area (TPSA) is 3.24 Å². The first-order valence-corrected chi connectivity index (χ1v) is 3.21. The minimum absolute atomic E-state index is 0. The monoisotopic (exact) mass is 175 g/mol. The molecule has 0 aromatic carbocycles. The number of rotatable bonds is 2. The summed E-state index contributed by atoms with van der Waals surface area (Å²) in [6.45, 7) is 1.15. The van der Waals surface area contributed by atoms with Gasteiger partial charge in [0.2, 0.25) is 0 Å². The Morgan fingerprint density at radius 1 is 1.43 bits per heavy atom. The molecule has 0 aliphatic carbocycles. The fraction of sp³-hybridized carbons (Fsp3) is 1.00. The Bertz CT molecular complexity index is 32.9. The molecule has 0 N–H and O–H groups in total. The first-order valence-electron chi connectivity index (χ1n) is 2.00. The maximum atomic E-state index is 2.93. The predicted molar refractivity (Wildman–Crippen MR) is 29.1 cm³/mol. The van der Waals surface area contributed by atoms with E-state index in [4.69, 9.17) is 0 Å². The molecular formula is C4H10NNaSe. The van der Waals surface area contributed by atoms with Crippen LogP contribution in [0.15, 0.2) is 0 Å². The van der Waals surface area contributed by atoms with E-state index in [2.05, 4.69) is 35.0 Å². The van der Waals surface area contributed by atoms with Gasteiger partial charge in [0.15, 0.2) is 0 Å². The molecule has 0 aromatic rings. The van der Waals surface area contributed by atoms with Crippen molar-refractivity contribution in [3.8, 4) is 0 Å². The molecule has 0 spiro atoms. The predicted octanol–water partition coefficient (Wildman–Crippen LogP) is -2.86. The van der Waals surface area contributed by atoms with Crippen LogP contribution in [-0.4, -0.2) is 41.6 Å². The molecule has 0 heterocycles. The van der Waals surface area contributed by atoms with Crippen LogP contribution in [0.1, 0.15) is 0 Å². The van der Waals surface area contributed by atoms with Crippen LogP contribution in [0.2, 0.25) is 5.32 Å². The van der Waals surface area contributed by atoms with Gasteiger partial charge in [-0.05, 0) is 0 Å². The summed E-state index contributed by atoms with van der Waals surface area (Å²) in [7, 11) is 4.13. The van der Waals surface area contributed by atoms with Crippen molar-refractivity contribution in [1.82, 2.24) is 4.90 Å². The fourth-order valence-corrected chi connectivity index (χ4v) is 0.949. The van der Waals surface area contributed by atoms with Crippen molar-refractivity contribution in [3.63, 3.8) is 0 Å². The van der Waals surface area contributed by atoms with Gasteiger partial charge >= 0.3 is 76.4 Å². The average molecular weight is 174 g/mol. The van der Waals surface area contributed by atoms with Crippen LogP contribution in [0.4, 0.5) is 0 Å². The normalized spacial score (nSPS) is 8.57. The van der Waals surface area contributed by atoms with E-state index in [1.165, 1.54) is 0 Å². The summed E-state index contributed by atoms with van der Waals surface area (Å²) >= 11 is 2.93. The zero-order valence-electron chi connectivity index (χ0n) is 5.27. The summed E-state index contributed by atoms with van der Waals surface area (Å²) in [6, 6.07) is 0. The molecule has 0 saturated heterocycles. The Labute approximate surface area is 75.9 Å². The van der Waals surface area contributed by atoms with Crippen LogP contribution in [-0.2, 0) is 0 Å². The van der Waals surface area contributed by atoms with Crippen LogP contribution in [0, 0.1) is 0 Å². The Morgan fingerprint density at radius 2 is 1.86 bits per heavy atom. The molecule has 0 saturated carbocycles. The van der Waals surface area contributed by atoms with E-state index in [0.717, 1.165) is 11.9 Å². The molecule has 0 aliphatic rings. The SMILES string of the molecule is CN(C)CC[Se-].[Na+]. The van der Waals surface area contributed by atoms with Gasteiger partial charge in [-0.15, -0.1) is 0 Å². The van der Waals surface area contributed by atoms with Gasteiger partial charge in [0.1, 0.15) is 0 Å². The van der Waals surface area contributed by atoms with Gasteiger partial charge in [0.25, 0.3) is 0 Å². The van der Waals surface area contributed by atoms with Crippen molar-refractivity contribution in [3.05, 3.63) is 0 Å². The molecule has 3 heteroatoms. The standard InChI is InChI=1S/C4H11NSe.Na/c1-5(2)3-4-6;/h6H,3-4H2,1-2H3;/q;+1/p-1. The van der Waals surface area contributed by atoms with Crippen molar-refractivity contribution >= 4 is 16.0 Å². The maximum Gasteiger partial charge on any atom is 1.00 e. The molecule has 38 valence electrons. The molecule has 0 fully saturated rings. The van der Waals surface area contributed by atoms with Crippen LogP contribution in [0.25, 0.3) is 0 Å². The van der Waals surface area contributed by atoms with Crippen molar-refractivity contribution in [1.29, 1.82) is 0 Å².